The lowest BCUT2D eigenvalue weighted by atomic mass is 9.63. The first kappa shape index (κ1) is 29.9. The smallest absolute Gasteiger partial charge is 0.233 e. The monoisotopic (exact) mass is 583 g/mol. The summed E-state index contributed by atoms with van der Waals surface area (Å²) in [7, 11) is 0.725. The number of thiazole rings is 1. The van der Waals surface area contributed by atoms with Gasteiger partial charge in [-0.3, -0.25) is 9.59 Å². The van der Waals surface area contributed by atoms with Crippen LogP contribution >= 0.6 is 11.3 Å². The molecule has 0 bridgehead atoms. The minimum Gasteiger partial charge on any atom is -0.497 e. The van der Waals surface area contributed by atoms with E-state index in [1.165, 1.54) is 31.0 Å². The number of aromatic nitrogens is 1. The number of ether oxygens (including phenoxy) is 1. The number of sulfonamides is 1. The predicted molar refractivity (Wildman–Crippen MR) is 157 cm³/mol. The molecule has 1 aromatic heterocycles. The van der Waals surface area contributed by atoms with Crippen LogP contribution in [0.25, 0.3) is 0 Å². The topological polar surface area (TPSA) is 96.9 Å². The van der Waals surface area contributed by atoms with Crippen molar-refractivity contribution in [1.82, 2.24) is 14.2 Å². The lowest BCUT2D eigenvalue weighted by Crippen LogP contribution is -2.51. The largest absolute Gasteiger partial charge is 0.497 e. The minimum absolute atomic E-state index is 0.0629. The molecule has 10 heteroatoms. The highest BCUT2D eigenvalue weighted by Gasteiger charge is 2.47. The molecule has 0 spiro atoms. The van der Waals surface area contributed by atoms with Crippen molar-refractivity contribution in [2.24, 2.45) is 0 Å². The maximum absolute atomic E-state index is 14.3. The highest BCUT2D eigenvalue weighted by atomic mass is 32.2. The Kier molecular flexibility index (Phi) is 9.43. The van der Waals surface area contributed by atoms with E-state index in [1.807, 2.05) is 47.4 Å². The Morgan fingerprint density at radius 2 is 1.73 bits per heavy atom. The first-order chi connectivity index (χ1) is 19.1. The van der Waals surface area contributed by atoms with E-state index in [4.69, 9.17) is 4.74 Å². The fraction of sp³-hybridized carbons (Fsp3) is 0.433. The van der Waals surface area contributed by atoms with Crippen molar-refractivity contribution in [3.8, 4) is 5.75 Å². The van der Waals surface area contributed by atoms with E-state index in [1.54, 1.807) is 14.0 Å². The van der Waals surface area contributed by atoms with Crippen LogP contribution in [0.2, 0.25) is 0 Å². The van der Waals surface area contributed by atoms with Gasteiger partial charge in [0.05, 0.1) is 19.1 Å². The number of hydrogen-bond donors (Lipinski definition) is 0. The number of rotatable bonds is 13. The van der Waals surface area contributed by atoms with Crippen molar-refractivity contribution in [2.75, 3.05) is 33.5 Å². The first-order valence-corrected chi connectivity index (χ1v) is 15.9. The van der Waals surface area contributed by atoms with Crippen molar-refractivity contribution < 1.29 is 22.7 Å². The molecule has 3 aromatic rings. The summed E-state index contributed by atoms with van der Waals surface area (Å²) in [6, 6.07) is 17.9. The van der Waals surface area contributed by atoms with Crippen LogP contribution in [0.5, 0.6) is 5.75 Å². The van der Waals surface area contributed by atoms with Crippen LogP contribution in [0.15, 0.2) is 54.6 Å². The summed E-state index contributed by atoms with van der Waals surface area (Å²) in [6.07, 6.45) is 4.15. The van der Waals surface area contributed by atoms with Gasteiger partial charge in [0.1, 0.15) is 22.2 Å². The number of Topliss-reactive ketones (excluding diaryl/α,β-unsaturated/α-hetero) is 1. The van der Waals surface area contributed by atoms with Gasteiger partial charge >= 0.3 is 0 Å². The number of aryl methyl sites for hydroxylation is 2. The van der Waals surface area contributed by atoms with Crippen LogP contribution in [0, 0.1) is 6.92 Å². The number of methoxy groups -OCH3 is 1. The summed E-state index contributed by atoms with van der Waals surface area (Å²) in [4.78, 5) is 34.2. The molecule has 1 fully saturated rings. The summed E-state index contributed by atoms with van der Waals surface area (Å²) in [5.74, 6) is -0.362. The average Bonchev–Trinajstić information content (AvgIpc) is 3.28. The van der Waals surface area contributed by atoms with E-state index in [0.717, 1.165) is 47.7 Å². The fourth-order valence-electron chi connectivity index (χ4n) is 5.04. The summed E-state index contributed by atoms with van der Waals surface area (Å²) in [5.41, 5.74) is 1.76. The van der Waals surface area contributed by atoms with E-state index >= 15 is 0 Å². The third-order valence-corrected chi connectivity index (χ3v) is 10.3. The Morgan fingerprint density at radius 1 is 1.05 bits per heavy atom. The average molecular weight is 584 g/mol. The summed E-state index contributed by atoms with van der Waals surface area (Å²) in [5, 5.41) is 0.625. The molecule has 0 N–H and O–H groups in total. The maximum Gasteiger partial charge on any atom is 0.233 e. The molecule has 1 heterocycles. The molecule has 1 aliphatic rings. The molecule has 1 amide bonds. The highest BCUT2D eigenvalue weighted by molar-refractivity contribution is 7.89. The molecule has 2 aromatic carbocycles. The molecule has 0 atom stereocenters. The first-order valence-electron chi connectivity index (χ1n) is 13.4. The minimum atomic E-state index is -3.70. The second kappa shape index (κ2) is 12.6. The highest BCUT2D eigenvalue weighted by Crippen LogP contribution is 2.46. The number of nitrogens with zero attached hydrogens (tertiary/aromatic N) is 3. The second-order valence-corrected chi connectivity index (χ2v) is 13.9. The van der Waals surface area contributed by atoms with Crippen molar-refractivity contribution >= 4 is 33.1 Å². The second-order valence-electron chi connectivity index (χ2n) is 10.5. The molecule has 1 saturated carbocycles. The number of carbonyl (C=O) groups is 2. The number of amides is 1. The van der Waals surface area contributed by atoms with Gasteiger partial charge in [-0.25, -0.2) is 17.7 Å². The van der Waals surface area contributed by atoms with E-state index in [9.17, 15) is 18.0 Å². The van der Waals surface area contributed by atoms with Gasteiger partial charge in [-0.05, 0) is 55.9 Å². The fourth-order valence-corrected chi connectivity index (χ4v) is 6.74. The zero-order valence-electron chi connectivity index (χ0n) is 23.6. The van der Waals surface area contributed by atoms with Crippen LogP contribution in [0.1, 0.15) is 57.2 Å². The molecule has 1 aliphatic carbocycles. The summed E-state index contributed by atoms with van der Waals surface area (Å²) >= 11 is 1.34. The standard InChI is InChI=1S/C30H37N3O5S2/c1-22-28(26(34)21-40(36,37)32(2)3)31-27(39-22)20-33(19-8-12-23-10-6-5-7-11-23)29(35)30(17-9-18-30)24-13-15-25(38-4)16-14-24/h5-7,10-11,13-16H,8-9,12,17-21H2,1-4H3. The van der Waals surface area contributed by atoms with Crippen LogP contribution in [-0.2, 0) is 33.2 Å². The summed E-state index contributed by atoms with van der Waals surface area (Å²) in [6.45, 7) is 2.58. The maximum atomic E-state index is 14.3. The van der Waals surface area contributed by atoms with Crippen LogP contribution in [0.3, 0.4) is 0 Å². The molecule has 0 radical (unpaired) electrons. The van der Waals surface area contributed by atoms with Crippen molar-refractivity contribution in [2.45, 2.75) is 51.0 Å². The van der Waals surface area contributed by atoms with Crippen molar-refractivity contribution in [3.63, 3.8) is 0 Å². The Morgan fingerprint density at radius 3 is 2.30 bits per heavy atom. The Bertz CT molecular complexity index is 1430. The van der Waals surface area contributed by atoms with E-state index < -0.39 is 27.0 Å². The van der Waals surface area contributed by atoms with Gasteiger partial charge in [-0.2, -0.15) is 0 Å². The van der Waals surface area contributed by atoms with Gasteiger partial charge in [0.2, 0.25) is 15.9 Å². The van der Waals surface area contributed by atoms with E-state index in [-0.39, 0.29) is 18.1 Å². The molecule has 0 unspecified atom stereocenters. The molecule has 8 nitrogen and oxygen atoms in total. The van der Waals surface area contributed by atoms with Gasteiger partial charge < -0.3 is 9.64 Å². The molecule has 0 aliphatic heterocycles. The number of hydrogen-bond acceptors (Lipinski definition) is 7. The Balaban J connectivity index is 1.58. The normalized spacial score (nSPS) is 14.5. The Hall–Kier alpha value is -3.08. The molecule has 4 rings (SSSR count). The third kappa shape index (κ3) is 6.62. The van der Waals surface area contributed by atoms with Gasteiger partial charge in [0.25, 0.3) is 0 Å². The van der Waals surface area contributed by atoms with Crippen LogP contribution in [0.4, 0.5) is 0 Å². The third-order valence-electron chi connectivity index (χ3n) is 7.58. The number of carbonyl (C=O) groups excluding carboxylic acids is 2. The molecular formula is C30H37N3O5S2. The quantitative estimate of drug-likeness (QED) is 0.273. The van der Waals surface area contributed by atoms with Gasteiger partial charge in [0, 0.05) is 25.5 Å². The van der Waals surface area contributed by atoms with Gasteiger partial charge in [0.15, 0.2) is 5.78 Å². The van der Waals surface area contributed by atoms with Crippen LogP contribution in [-0.4, -0.2) is 67.8 Å². The van der Waals surface area contributed by atoms with Gasteiger partial charge in [-0.1, -0.05) is 48.9 Å². The molecule has 40 heavy (non-hydrogen) atoms. The number of ketones is 1. The predicted octanol–water partition coefficient (Wildman–Crippen LogP) is 4.62. The molecule has 0 saturated heterocycles. The van der Waals surface area contributed by atoms with Crippen molar-refractivity contribution in [3.05, 3.63) is 81.3 Å². The zero-order chi connectivity index (χ0) is 28.9. The SMILES string of the molecule is COc1ccc(C2(C(=O)N(CCCc3ccccc3)Cc3nc(C(=O)CS(=O)(=O)N(C)C)c(C)s3)CCC2)cc1. The van der Waals surface area contributed by atoms with E-state index in [0.29, 0.717) is 16.4 Å². The molecular weight excluding hydrogens is 546 g/mol. The number of benzene rings is 2. The lowest BCUT2D eigenvalue weighted by molar-refractivity contribution is -0.141. The Labute approximate surface area is 241 Å². The van der Waals surface area contributed by atoms with Crippen molar-refractivity contribution in [1.29, 1.82) is 0 Å². The zero-order valence-corrected chi connectivity index (χ0v) is 25.2. The summed E-state index contributed by atoms with van der Waals surface area (Å²) < 4.78 is 30.9. The van der Waals surface area contributed by atoms with Crippen LogP contribution < -0.4 is 4.74 Å². The lowest BCUT2D eigenvalue weighted by Gasteiger charge is -2.44. The van der Waals surface area contributed by atoms with Gasteiger partial charge in [-0.15, -0.1) is 11.3 Å². The molecule has 214 valence electrons. The van der Waals surface area contributed by atoms with E-state index in [2.05, 4.69) is 17.1 Å².